The second-order valence-electron chi connectivity index (χ2n) is 4.06. The van der Waals surface area contributed by atoms with Gasteiger partial charge in [0, 0.05) is 12.1 Å². The Hall–Kier alpha value is -0.0900. The molecule has 0 heterocycles. The van der Waals surface area contributed by atoms with Gasteiger partial charge in [0.1, 0.15) is 0 Å². The zero-order valence-electron chi connectivity index (χ0n) is 8.96. The minimum Gasteiger partial charge on any atom is -0.204 e. The van der Waals surface area contributed by atoms with E-state index in [1.807, 2.05) is 0 Å². The third kappa shape index (κ3) is 4.96. The average molecular weight is 240 g/mol. The van der Waals surface area contributed by atoms with Crippen molar-refractivity contribution in [1.82, 2.24) is 0 Å². The quantitative estimate of drug-likeness (QED) is 0.421. The van der Waals surface area contributed by atoms with Crippen molar-refractivity contribution in [2.75, 3.05) is 5.88 Å². The summed E-state index contributed by atoms with van der Waals surface area (Å²) in [5.41, 5.74) is 0. The van der Waals surface area contributed by atoms with E-state index in [2.05, 4.69) is 4.40 Å². The summed E-state index contributed by atoms with van der Waals surface area (Å²) >= 11 is 5.48. The van der Waals surface area contributed by atoms with E-state index >= 15 is 0 Å². The highest BCUT2D eigenvalue weighted by Crippen LogP contribution is 2.16. The van der Waals surface area contributed by atoms with Gasteiger partial charge in [0.25, 0.3) is 10.0 Å². The monoisotopic (exact) mass is 239 g/mol. The van der Waals surface area contributed by atoms with Gasteiger partial charge in [-0.25, -0.2) is 8.42 Å². The van der Waals surface area contributed by atoms with Crippen LogP contribution in [0.2, 0.25) is 0 Å². The molecule has 0 aromatic heterocycles. The first kappa shape index (κ1) is 13.9. The van der Waals surface area contributed by atoms with Crippen LogP contribution in [0.15, 0.2) is 4.40 Å². The maximum atomic E-state index is 11.5. The predicted molar refractivity (Wildman–Crippen MR) is 61.7 cm³/mol. The summed E-state index contributed by atoms with van der Waals surface area (Å²) in [6, 6.07) is 0. The van der Waals surface area contributed by atoms with Crippen molar-refractivity contribution >= 4 is 27.8 Å². The third-order valence-electron chi connectivity index (χ3n) is 1.70. The van der Waals surface area contributed by atoms with Crippen molar-refractivity contribution in [1.29, 1.82) is 0 Å². The van der Waals surface area contributed by atoms with E-state index in [4.69, 9.17) is 11.6 Å². The van der Waals surface area contributed by atoms with E-state index in [1.54, 1.807) is 20.8 Å². The van der Waals surface area contributed by atoms with Crippen LogP contribution in [-0.4, -0.2) is 25.3 Å². The number of sulfonamides is 1. The van der Waals surface area contributed by atoms with Crippen LogP contribution < -0.4 is 0 Å². The molecule has 0 bridgehead atoms. The Bertz CT molecular complexity index is 278. The van der Waals surface area contributed by atoms with Crippen LogP contribution in [-0.2, 0) is 10.0 Å². The smallest absolute Gasteiger partial charge is 0.204 e. The molecule has 0 aliphatic heterocycles. The Kier molecular flexibility index (Phi) is 5.67. The summed E-state index contributed by atoms with van der Waals surface area (Å²) in [7, 11) is -3.35. The molecule has 0 fully saturated rings. The molecule has 0 amide bonds. The number of rotatable bonds is 5. The van der Waals surface area contributed by atoms with Gasteiger partial charge in [0.15, 0.2) is 0 Å². The van der Waals surface area contributed by atoms with E-state index in [0.29, 0.717) is 12.3 Å². The number of hydrogen-bond donors (Lipinski definition) is 0. The first-order chi connectivity index (χ1) is 6.31. The lowest BCUT2D eigenvalue weighted by Gasteiger charge is -2.14. The lowest BCUT2D eigenvalue weighted by atomic mass is 10.3. The van der Waals surface area contributed by atoms with Crippen LogP contribution in [0, 0.1) is 0 Å². The fraction of sp³-hybridized carbons (Fsp3) is 0.889. The molecular formula is C9H18ClNO2S. The summed E-state index contributed by atoms with van der Waals surface area (Å²) in [4.78, 5) is 0. The Morgan fingerprint density at radius 2 is 1.86 bits per heavy atom. The number of halogens is 1. The molecule has 0 rings (SSSR count). The minimum absolute atomic E-state index is 0.611. The second-order valence-corrected chi connectivity index (χ2v) is 6.82. The Morgan fingerprint density at radius 3 is 2.29 bits per heavy atom. The van der Waals surface area contributed by atoms with E-state index < -0.39 is 14.8 Å². The SMILES string of the molecule is CC(C)(C)S(=O)(=O)/N=C/CCCCCl. The molecule has 3 nitrogen and oxygen atoms in total. The van der Waals surface area contributed by atoms with Crippen LogP contribution in [0.3, 0.4) is 0 Å². The van der Waals surface area contributed by atoms with E-state index in [0.717, 1.165) is 12.8 Å². The van der Waals surface area contributed by atoms with Gasteiger partial charge in [0.05, 0.1) is 4.75 Å². The molecule has 0 atom stereocenters. The van der Waals surface area contributed by atoms with Crippen LogP contribution in [0.25, 0.3) is 0 Å². The molecule has 0 aliphatic carbocycles. The zero-order chi connectivity index (χ0) is 11.2. The molecule has 0 aromatic rings. The molecule has 0 aliphatic rings. The highest BCUT2D eigenvalue weighted by atomic mass is 35.5. The molecule has 14 heavy (non-hydrogen) atoms. The largest absolute Gasteiger partial charge is 0.257 e. The summed E-state index contributed by atoms with van der Waals surface area (Å²) < 4.78 is 25.7. The van der Waals surface area contributed by atoms with Gasteiger partial charge in [0.2, 0.25) is 0 Å². The molecule has 0 radical (unpaired) electrons. The number of nitrogens with zero attached hydrogens (tertiary/aromatic N) is 1. The van der Waals surface area contributed by atoms with Crippen LogP contribution >= 0.6 is 11.6 Å². The standard InChI is InChI=1S/C9H18ClNO2S/c1-9(2,3)14(12,13)11-8-6-4-5-7-10/h8H,4-7H2,1-3H3/b11-8+. The van der Waals surface area contributed by atoms with Crippen molar-refractivity contribution in [3.8, 4) is 0 Å². The number of hydrogen-bond acceptors (Lipinski definition) is 2. The summed E-state index contributed by atoms with van der Waals surface area (Å²) in [5, 5.41) is 0. The van der Waals surface area contributed by atoms with Gasteiger partial charge < -0.3 is 0 Å². The maximum Gasteiger partial charge on any atom is 0.257 e. The fourth-order valence-corrected chi connectivity index (χ4v) is 1.45. The lowest BCUT2D eigenvalue weighted by molar-refractivity contribution is 0.562. The normalized spacial score (nSPS) is 13.7. The van der Waals surface area contributed by atoms with E-state index in [1.165, 1.54) is 6.21 Å². The van der Waals surface area contributed by atoms with Crippen molar-refractivity contribution in [2.24, 2.45) is 4.40 Å². The summed E-state index contributed by atoms with van der Waals surface area (Å²) in [6.45, 7) is 4.91. The summed E-state index contributed by atoms with van der Waals surface area (Å²) in [6.07, 6.45) is 3.91. The van der Waals surface area contributed by atoms with Gasteiger partial charge >= 0.3 is 0 Å². The van der Waals surface area contributed by atoms with Gasteiger partial charge in [-0.1, -0.05) is 0 Å². The maximum absolute atomic E-state index is 11.5. The molecule has 0 unspecified atom stereocenters. The molecule has 0 N–H and O–H groups in total. The molecule has 0 saturated heterocycles. The minimum atomic E-state index is -3.35. The highest BCUT2D eigenvalue weighted by Gasteiger charge is 2.27. The second kappa shape index (κ2) is 5.71. The first-order valence-corrected chi connectivity index (χ1v) is 6.63. The van der Waals surface area contributed by atoms with Gasteiger partial charge in [-0.3, -0.25) is 0 Å². The van der Waals surface area contributed by atoms with E-state index in [-0.39, 0.29) is 0 Å². The molecular weight excluding hydrogens is 222 g/mol. The topological polar surface area (TPSA) is 46.5 Å². The van der Waals surface area contributed by atoms with Crippen molar-refractivity contribution < 1.29 is 8.42 Å². The number of alkyl halides is 1. The zero-order valence-corrected chi connectivity index (χ0v) is 10.5. The highest BCUT2D eigenvalue weighted by molar-refractivity contribution is 7.91. The molecule has 5 heteroatoms. The van der Waals surface area contributed by atoms with Crippen molar-refractivity contribution in [2.45, 2.75) is 44.8 Å². The predicted octanol–water partition coefficient (Wildman–Crippen LogP) is 2.59. The van der Waals surface area contributed by atoms with Gasteiger partial charge in [-0.2, -0.15) is 4.40 Å². The first-order valence-electron chi connectivity index (χ1n) is 4.65. The Balaban J connectivity index is 4.12. The molecule has 0 saturated carbocycles. The van der Waals surface area contributed by atoms with Gasteiger partial charge in [-0.05, 0) is 40.0 Å². The van der Waals surface area contributed by atoms with Gasteiger partial charge in [-0.15, -0.1) is 11.6 Å². The molecule has 0 spiro atoms. The third-order valence-corrected chi connectivity index (χ3v) is 3.95. The lowest BCUT2D eigenvalue weighted by Crippen LogP contribution is -2.25. The Morgan fingerprint density at radius 1 is 1.29 bits per heavy atom. The van der Waals surface area contributed by atoms with Crippen LogP contribution in [0.4, 0.5) is 0 Å². The fourth-order valence-electron chi connectivity index (χ4n) is 0.639. The van der Waals surface area contributed by atoms with Crippen LogP contribution in [0.5, 0.6) is 0 Å². The number of unbranched alkanes of at least 4 members (excludes halogenated alkanes) is 2. The van der Waals surface area contributed by atoms with Crippen molar-refractivity contribution in [3.63, 3.8) is 0 Å². The van der Waals surface area contributed by atoms with Crippen LogP contribution in [0.1, 0.15) is 40.0 Å². The molecule has 84 valence electrons. The average Bonchev–Trinajstić information content (AvgIpc) is 2.02. The van der Waals surface area contributed by atoms with E-state index in [9.17, 15) is 8.42 Å². The summed E-state index contributed by atoms with van der Waals surface area (Å²) in [5.74, 6) is 0.611. The van der Waals surface area contributed by atoms with Crippen molar-refractivity contribution in [3.05, 3.63) is 0 Å². The molecule has 0 aromatic carbocycles. The Labute approximate surface area is 91.6 Å².